The first-order valence-corrected chi connectivity index (χ1v) is 10.3. The third kappa shape index (κ3) is 3.51. The third-order valence-electron chi connectivity index (χ3n) is 5.40. The van der Waals surface area contributed by atoms with Gasteiger partial charge in [-0.3, -0.25) is 4.57 Å². The van der Waals surface area contributed by atoms with E-state index >= 15 is 0 Å². The number of fused-ring (bicyclic) bond motifs is 3. The molecule has 0 saturated carbocycles. The molecule has 32 heavy (non-hydrogen) atoms. The maximum atomic E-state index is 13.3. The molecule has 1 aliphatic heterocycles. The minimum Gasteiger partial charge on any atom is -0.497 e. The van der Waals surface area contributed by atoms with Crippen molar-refractivity contribution in [2.45, 2.75) is 32.9 Å². The Morgan fingerprint density at radius 1 is 1.09 bits per heavy atom. The van der Waals surface area contributed by atoms with Crippen LogP contribution in [0, 0.1) is 0 Å². The molecular formula is C24H27N3O5. The van der Waals surface area contributed by atoms with Crippen molar-refractivity contribution in [2.24, 2.45) is 0 Å². The second kappa shape index (κ2) is 8.45. The minimum atomic E-state index is -0.580. The average molecular weight is 437 g/mol. The fraction of sp³-hybridized carbons (Fsp3) is 0.333. The molecule has 2 aromatic carbocycles. The molecule has 8 nitrogen and oxygen atoms in total. The van der Waals surface area contributed by atoms with Crippen LogP contribution in [0.15, 0.2) is 47.7 Å². The standard InChI is InChI=1S/C24H27N3O5/c1-13(2)32-23(28)20-14(3)25-24-26-17-9-7-8-10-18(17)27(24)21(20)16-11-15(29-4)12-19(30-5)22(16)31-6/h7-13,21H,1-6H3,(H,25,26)/t21-/m0/s1. The Bertz CT molecular complexity index is 1210. The summed E-state index contributed by atoms with van der Waals surface area (Å²) in [5.74, 6) is 1.80. The van der Waals surface area contributed by atoms with Gasteiger partial charge in [0, 0.05) is 17.3 Å². The van der Waals surface area contributed by atoms with Crippen LogP contribution in [0.3, 0.4) is 0 Å². The summed E-state index contributed by atoms with van der Waals surface area (Å²) in [4.78, 5) is 18.1. The van der Waals surface area contributed by atoms with Gasteiger partial charge in [0.2, 0.25) is 5.95 Å². The fourth-order valence-corrected chi connectivity index (χ4v) is 4.09. The van der Waals surface area contributed by atoms with E-state index < -0.39 is 12.0 Å². The molecule has 3 aromatic rings. The molecule has 0 aliphatic carbocycles. The van der Waals surface area contributed by atoms with Gasteiger partial charge >= 0.3 is 5.97 Å². The molecule has 0 spiro atoms. The van der Waals surface area contributed by atoms with Gasteiger partial charge in [0.25, 0.3) is 0 Å². The van der Waals surface area contributed by atoms with Crippen LogP contribution >= 0.6 is 0 Å². The van der Waals surface area contributed by atoms with Crippen molar-refractivity contribution < 1.29 is 23.7 Å². The van der Waals surface area contributed by atoms with Crippen molar-refractivity contribution in [2.75, 3.05) is 26.6 Å². The van der Waals surface area contributed by atoms with Crippen LogP contribution in [0.4, 0.5) is 5.95 Å². The van der Waals surface area contributed by atoms with Gasteiger partial charge in [-0.15, -0.1) is 0 Å². The summed E-state index contributed by atoms with van der Waals surface area (Å²) < 4.78 is 24.5. The Morgan fingerprint density at radius 2 is 1.84 bits per heavy atom. The number of carbonyl (C=O) groups is 1. The van der Waals surface area contributed by atoms with E-state index in [-0.39, 0.29) is 6.10 Å². The van der Waals surface area contributed by atoms with Gasteiger partial charge in [-0.25, -0.2) is 9.78 Å². The molecule has 2 heterocycles. The molecule has 0 amide bonds. The first-order valence-electron chi connectivity index (χ1n) is 10.3. The van der Waals surface area contributed by atoms with Crippen LogP contribution in [0.25, 0.3) is 11.0 Å². The SMILES string of the molecule is COc1cc(OC)c(OC)c([C@H]2C(C(=O)OC(C)C)=C(C)Nc3nc4ccccc4n32)c1. The van der Waals surface area contributed by atoms with Gasteiger partial charge in [0.05, 0.1) is 44.0 Å². The average Bonchev–Trinajstić information content (AvgIpc) is 3.14. The first kappa shape index (κ1) is 21.5. The number of methoxy groups -OCH3 is 3. The van der Waals surface area contributed by atoms with E-state index in [1.165, 1.54) is 0 Å². The molecule has 0 bridgehead atoms. The quantitative estimate of drug-likeness (QED) is 0.576. The van der Waals surface area contributed by atoms with Crippen molar-refractivity contribution in [3.63, 3.8) is 0 Å². The van der Waals surface area contributed by atoms with Crippen molar-refractivity contribution >= 4 is 23.0 Å². The molecule has 0 fully saturated rings. The van der Waals surface area contributed by atoms with Crippen LogP contribution in [-0.4, -0.2) is 43.0 Å². The predicted octanol–water partition coefficient (Wildman–Crippen LogP) is 4.30. The number of ether oxygens (including phenoxy) is 4. The topological polar surface area (TPSA) is 83.8 Å². The second-order valence-electron chi connectivity index (χ2n) is 7.77. The van der Waals surface area contributed by atoms with Gasteiger partial charge in [0.1, 0.15) is 11.8 Å². The van der Waals surface area contributed by atoms with Crippen LogP contribution in [0.5, 0.6) is 17.2 Å². The number of nitrogens with one attached hydrogen (secondary N) is 1. The number of para-hydroxylation sites is 2. The largest absolute Gasteiger partial charge is 0.497 e. The van der Waals surface area contributed by atoms with E-state index in [1.807, 2.05) is 55.7 Å². The molecule has 4 rings (SSSR count). The fourth-order valence-electron chi connectivity index (χ4n) is 4.09. The zero-order valence-electron chi connectivity index (χ0n) is 19.1. The highest BCUT2D eigenvalue weighted by atomic mass is 16.5. The van der Waals surface area contributed by atoms with Gasteiger partial charge in [-0.2, -0.15) is 0 Å². The molecule has 0 saturated heterocycles. The lowest BCUT2D eigenvalue weighted by atomic mass is 9.93. The normalized spacial score (nSPS) is 15.4. The zero-order chi connectivity index (χ0) is 23.0. The zero-order valence-corrected chi connectivity index (χ0v) is 19.1. The van der Waals surface area contributed by atoms with E-state index in [2.05, 4.69) is 5.32 Å². The van der Waals surface area contributed by atoms with Gasteiger partial charge < -0.3 is 24.3 Å². The van der Waals surface area contributed by atoms with E-state index in [0.717, 1.165) is 11.0 Å². The number of hydrogen-bond acceptors (Lipinski definition) is 7. The Balaban J connectivity index is 2.06. The van der Waals surface area contributed by atoms with Crippen molar-refractivity contribution in [1.29, 1.82) is 0 Å². The number of benzene rings is 2. The van der Waals surface area contributed by atoms with Gasteiger partial charge in [-0.1, -0.05) is 12.1 Å². The summed E-state index contributed by atoms with van der Waals surface area (Å²) in [7, 11) is 4.72. The number of hydrogen-bond donors (Lipinski definition) is 1. The summed E-state index contributed by atoms with van der Waals surface area (Å²) in [6.07, 6.45) is -0.272. The van der Waals surface area contributed by atoms with E-state index in [9.17, 15) is 4.79 Å². The smallest absolute Gasteiger partial charge is 0.338 e. The molecule has 8 heteroatoms. The lowest BCUT2D eigenvalue weighted by Gasteiger charge is -2.31. The summed E-state index contributed by atoms with van der Waals surface area (Å²) in [6.45, 7) is 5.50. The predicted molar refractivity (Wildman–Crippen MR) is 122 cm³/mol. The van der Waals surface area contributed by atoms with Gasteiger partial charge in [-0.05, 0) is 39.0 Å². The number of imidazole rings is 1. The molecule has 1 aliphatic rings. The summed E-state index contributed by atoms with van der Waals surface area (Å²) in [6, 6.07) is 10.8. The number of nitrogens with zero attached hydrogens (tertiary/aromatic N) is 2. The van der Waals surface area contributed by atoms with E-state index in [1.54, 1.807) is 27.4 Å². The molecular weight excluding hydrogens is 410 g/mol. The van der Waals surface area contributed by atoms with Crippen molar-refractivity contribution in [3.05, 3.63) is 53.2 Å². The number of anilines is 1. The Labute approximate surface area is 186 Å². The maximum absolute atomic E-state index is 13.3. The minimum absolute atomic E-state index is 0.272. The Morgan fingerprint density at radius 3 is 2.50 bits per heavy atom. The Kier molecular flexibility index (Phi) is 5.69. The Hall–Kier alpha value is -3.68. The van der Waals surface area contributed by atoms with Crippen molar-refractivity contribution in [3.8, 4) is 17.2 Å². The molecule has 1 aromatic heterocycles. The van der Waals surface area contributed by atoms with Crippen LogP contribution in [-0.2, 0) is 9.53 Å². The number of esters is 1. The van der Waals surface area contributed by atoms with E-state index in [4.69, 9.17) is 23.9 Å². The van der Waals surface area contributed by atoms with Gasteiger partial charge in [0.15, 0.2) is 11.5 Å². The second-order valence-corrected chi connectivity index (χ2v) is 7.77. The lowest BCUT2D eigenvalue weighted by Crippen LogP contribution is -2.30. The highest BCUT2D eigenvalue weighted by Crippen LogP contribution is 2.47. The van der Waals surface area contributed by atoms with Crippen LogP contribution in [0.1, 0.15) is 32.4 Å². The number of allylic oxidation sites excluding steroid dienone is 1. The monoisotopic (exact) mass is 437 g/mol. The number of carbonyl (C=O) groups excluding carboxylic acids is 1. The molecule has 0 unspecified atom stereocenters. The number of aromatic nitrogens is 2. The lowest BCUT2D eigenvalue weighted by molar-refractivity contribution is -0.143. The molecule has 0 radical (unpaired) electrons. The maximum Gasteiger partial charge on any atom is 0.338 e. The first-order chi connectivity index (χ1) is 15.4. The van der Waals surface area contributed by atoms with Crippen molar-refractivity contribution in [1.82, 2.24) is 9.55 Å². The molecule has 168 valence electrons. The number of rotatable bonds is 6. The van der Waals surface area contributed by atoms with Crippen LogP contribution < -0.4 is 19.5 Å². The van der Waals surface area contributed by atoms with Crippen LogP contribution in [0.2, 0.25) is 0 Å². The summed E-state index contributed by atoms with van der Waals surface area (Å²) in [5.41, 5.74) is 3.49. The highest BCUT2D eigenvalue weighted by molar-refractivity contribution is 5.94. The molecule has 1 atom stereocenters. The summed E-state index contributed by atoms with van der Waals surface area (Å²) in [5, 5.41) is 3.28. The third-order valence-corrected chi connectivity index (χ3v) is 5.40. The summed E-state index contributed by atoms with van der Waals surface area (Å²) >= 11 is 0. The highest BCUT2D eigenvalue weighted by Gasteiger charge is 2.38. The van der Waals surface area contributed by atoms with E-state index in [0.29, 0.717) is 40.0 Å². The molecule has 1 N–H and O–H groups in total.